The molecule has 19 heavy (non-hydrogen) atoms. The van der Waals surface area contributed by atoms with Gasteiger partial charge in [0.25, 0.3) is 5.79 Å². The Labute approximate surface area is 112 Å². The first-order chi connectivity index (χ1) is 9.13. The summed E-state index contributed by atoms with van der Waals surface area (Å²) >= 11 is 0. The SMILES string of the molecule is CCCC1(CCc2ccccc2)OC(=O)CC(=O)O1. The predicted molar refractivity (Wildman–Crippen MR) is 69.2 cm³/mol. The quantitative estimate of drug-likeness (QED) is 0.604. The van der Waals surface area contributed by atoms with Crippen molar-refractivity contribution in [1.82, 2.24) is 0 Å². The van der Waals surface area contributed by atoms with E-state index in [1.807, 2.05) is 37.3 Å². The van der Waals surface area contributed by atoms with E-state index in [0.717, 1.165) is 12.0 Å². The number of esters is 2. The van der Waals surface area contributed by atoms with Crippen LogP contribution < -0.4 is 0 Å². The molecule has 1 heterocycles. The molecule has 1 aromatic rings. The Morgan fingerprint density at radius 2 is 1.68 bits per heavy atom. The minimum atomic E-state index is -1.07. The van der Waals surface area contributed by atoms with Gasteiger partial charge in [0.05, 0.1) is 0 Å². The molecule has 0 amide bonds. The molecule has 0 atom stereocenters. The lowest BCUT2D eigenvalue weighted by molar-refractivity contribution is -0.248. The Hall–Kier alpha value is -1.84. The van der Waals surface area contributed by atoms with Gasteiger partial charge in [0.15, 0.2) is 0 Å². The average Bonchev–Trinajstić information content (AvgIpc) is 2.37. The van der Waals surface area contributed by atoms with E-state index in [0.29, 0.717) is 19.3 Å². The first-order valence-corrected chi connectivity index (χ1v) is 6.61. The zero-order chi connectivity index (χ0) is 13.7. The molecule has 0 bridgehead atoms. The molecule has 4 nitrogen and oxygen atoms in total. The molecule has 0 aromatic heterocycles. The first-order valence-electron chi connectivity index (χ1n) is 6.61. The van der Waals surface area contributed by atoms with E-state index in [1.54, 1.807) is 0 Å². The van der Waals surface area contributed by atoms with Crippen molar-refractivity contribution in [2.45, 2.75) is 44.8 Å². The van der Waals surface area contributed by atoms with Gasteiger partial charge in [-0.15, -0.1) is 0 Å². The van der Waals surface area contributed by atoms with Crippen molar-refractivity contribution >= 4 is 11.9 Å². The van der Waals surface area contributed by atoms with Gasteiger partial charge >= 0.3 is 11.9 Å². The Balaban J connectivity index is 2.06. The lowest BCUT2D eigenvalue weighted by Crippen LogP contribution is -2.45. The highest BCUT2D eigenvalue weighted by Crippen LogP contribution is 2.30. The van der Waals surface area contributed by atoms with Crippen molar-refractivity contribution in [2.24, 2.45) is 0 Å². The van der Waals surface area contributed by atoms with E-state index in [1.165, 1.54) is 0 Å². The molecule has 0 N–H and O–H groups in total. The van der Waals surface area contributed by atoms with Crippen LogP contribution in [0.1, 0.15) is 38.2 Å². The maximum absolute atomic E-state index is 11.5. The summed E-state index contributed by atoms with van der Waals surface area (Å²) < 4.78 is 10.6. The summed E-state index contributed by atoms with van der Waals surface area (Å²) in [6, 6.07) is 9.88. The normalized spacial score (nSPS) is 17.7. The maximum atomic E-state index is 11.5. The monoisotopic (exact) mass is 262 g/mol. The van der Waals surface area contributed by atoms with Crippen molar-refractivity contribution in [3.05, 3.63) is 35.9 Å². The van der Waals surface area contributed by atoms with Crippen molar-refractivity contribution in [3.8, 4) is 0 Å². The van der Waals surface area contributed by atoms with E-state index in [-0.39, 0.29) is 6.42 Å². The third-order valence-corrected chi connectivity index (χ3v) is 3.16. The summed E-state index contributed by atoms with van der Waals surface area (Å²) in [4.78, 5) is 22.9. The average molecular weight is 262 g/mol. The fraction of sp³-hybridized carbons (Fsp3) is 0.467. The summed E-state index contributed by atoms with van der Waals surface area (Å²) in [5, 5.41) is 0. The largest absolute Gasteiger partial charge is 0.422 e. The van der Waals surface area contributed by atoms with E-state index in [2.05, 4.69) is 0 Å². The molecular weight excluding hydrogens is 244 g/mol. The number of benzene rings is 1. The lowest BCUT2D eigenvalue weighted by Gasteiger charge is -2.35. The molecule has 1 aliphatic rings. The number of hydrogen-bond acceptors (Lipinski definition) is 4. The number of carbonyl (C=O) groups is 2. The van der Waals surface area contributed by atoms with Crippen LogP contribution in [0.5, 0.6) is 0 Å². The van der Waals surface area contributed by atoms with Gasteiger partial charge in [0.1, 0.15) is 6.42 Å². The highest BCUT2D eigenvalue weighted by atomic mass is 16.7. The molecule has 1 aliphatic heterocycles. The van der Waals surface area contributed by atoms with Gasteiger partial charge in [-0.3, -0.25) is 9.59 Å². The summed E-state index contributed by atoms with van der Waals surface area (Å²) in [7, 11) is 0. The van der Waals surface area contributed by atoms with Gasteiger partial charge in [0.2, 0.25) is 0 Å². The number of cyclic esters (lactones) is 2. The highest BCUT2D eigenvalue weighted by molar-refractivity contribution is 5.93. The van der Waals surface area contributed by atoms with Crippen molar-refractivity contribution < 1.29 is 19.1 Å². The number of carbonyl (C=O) groups excluding carboxylic acids is 2. The van der Waals surface area contributed by atoms with Crippen LogP contribution in [-0.4, -0.2) is 17.7 Å². The highest BCUT2D eigenvalue weighted by Gasteiger charge is 2.42. The van der Waals surface area contributed by atoms with Gasteiger partial charge in [0, 0.05) is 12.8 Å². The molecule has 0 saturated carbocycles. The van der Waals surface area contributed by atoms with Crippen LogP contribution in [0.25, 0.3) is 0 Å². The van der Waals surface area contributed by atoms with Crippen LogP contribution in [0.2, 0.25) is 0 Å². The fourth-order valence-corrected chi connectivity index (χ4v) is 2.32. The Morgan fingerprint density at radius 1 is 1.05 bits per heavy atom. The summed E-state index contributed by atoms with van der Waals surface area (Å²) in [6.45, 7) is 1.97. The van der Waals surface area contributed by atoms with Crippen molar-refractivity contribution in [2.75, 3.05) is 0 Å². The molecule has 1 saturated heterocycles. The van der Waals surface area contributed by atoms with Gasteiger partial charge in [-0.05, 0) is 18.4 Å². The standard InChI is InChI=1S/C15H18O4/c1-2-9-15(18-13(16)11-14(17)19-15)10-8-12-6-4-3-5-7-12/h3-7H,2,8-11H2,1H3. The number of rotatable bonds is 5. The maximum Gasteiger partial charge on any atom is 0.320 e. The second-order valence-corrected chi connectivity index (χ2v) is 4.77. The molecule has 0 spiro atoms. The van der Waals surface area contributed by atoms with Crippen LogP contribution in [-0.2, 0) is 25.5 Å². The number of aryl methyl sites for hydroxylation is 1. The van der Waals surface area contributed by atoms with Gasteiger partial charge in [-0.2, -0.15) is 0 Å². The van der Waals surface area contributed by atoms with E-state index >= 15 is 0 Å². The zero-order valence-electron chi connectivity index (χ0n) is 11.1. The third-order valence-electron chi connectivity index (χ3n) is 3.16. The minimum absolute atomic E-state index is 0.281. The molecule has 0 unspecified atom stereocenters. The topological polar surface area (TPSA) is 52.6 Å². The summed E-state index contributed by atoms with van der Waals surface area (Å²) in [5.41, 5.74) is 1.13. The number of hydrogen-bond donors (Lipinski definition) is 0. The van der Waals surface area contributed by atoms with Gasteiger partial charge < -0.3 is 9.47 Å². The lowest BCUT2D eigenvalue weighted by atomic mass is 10.00. The molecule has 4 heteroatoms. The van der Waals surface area contributed by atoms with Crippen LogP contribution in [0, 0.1) is 0 Å². The Kier molecular flexibility index (Phi) is 4.20. The molecule has 2 rings (SSSR count). The van der Waals surface area contributed by atoms with Crippen LogP contribution in [0.15, 0.2) is 30.3 Å². The second-order valence-electron chi connectivity index (χ2n) is 4.77. The first kappa shape index (κ1) is 13.6. The van der Waals surface area contributed by atoms with Gasteiger partial charge in [-0.1, -0.05) is 37.3 Å². The van der Waals surface area contributed by atoms with E-state index in [4.69, 9.17) is 9.47 Å². The molecule has 1 fully saturated rings. The smallest absolute Gasteiger partial charge is 0.320 e. The van der Waals surface area contributed by atoms with E-state index < -0.39 is 17.7 Å². The summed E-state index contributed by atoms with van der Waals surface area (Å²) in [6.07, 6.45) is 2.26. The molecule has 1 aromatic carbocycles. The minimum Gasteiger partial charge on any atom is -0.422 e. The van der Waals surface area contributed by atoms with Crippen LogP contribution in [0.4, 0.5) is 0 Å². The molecule has 0 radical (unpaired) electrons. The molecular formula is C15H18O4. The fourth-order valence-electron chi connectivity index (χ4n) is 2.32. The van der Waals surface area contributed by atoms with Gasteiger partial charge in [-0.25, -0.2) is 0 Å². The zero-order valence-corrected chi connectivity index (χ0v) is 11.1. The third kappa shape index (κ3) is 3.56. The van der Waals surface area contributed by atoms with Crippen molar-refractivity contribution in [1.29, 1.82) is 0 Å². The van der Waals surface area contributed by atoms with Crippen LogP contribution >= 0.6 is 0 Å². The predicted octanol–water partition coefficient (Wildman–Crippen LogP) is 2.61. The summed E-state index contributed by atoms with van der Waals surface area (Å²) in [5.74, 6) is -2.05. The van der Waals surface area contributed by atoms with E-state index in [9.17, 15) is 9.59 Å². The second kappa shape index (κ2) is 5.87. The van der Waals surface area contributed by atoms with Crippen LogP contribution in [0.3, 0.4) is 0 Å². The van der Waals surface area contributed by atoms with Crippen molar-refractivity contribution in [3.63, 3.8) is 0 Å². The number of ether oxygens (including phenoxy) is 2. The molecule has 102 valence electrons. The molecule has 0 aliphatic carbocycles. The Bertz CT molecular complexity index is 436. The Morgan fingerprint density at radius 3 is 2.26 bits per heavy atom.